The predicted octanol–water partition coefficient (Wildman–Crippen LogP) is 4.36. The summed E-state index contributed by atoms with van der Waals surface area (Å²) in [6, 6.07) is 7.75. The van der Waals surface area contributed by atoms with Gasteiger partial charge in [-0.2, -0.15) is 0 Å². The minimum absolute atomic E-state index is 0.0685. The lowest BCUT2D eigenvalue weighted by Gasteiger charge is -2.27. The number of allylic oxidation sites excluding steroid dienone is 1. The number of halogens is 1. The van der Waals surface area contributed by atoms with Gasteiger partial charge in [0.15, 0.2) is 4.47 Å². The molecule has 1 saturated heterocycles. The summed E-state index contributed by atoms with van der Waals surface area (Å²) >= 11 is 7.21. The van der Waals surface area contributed by atoms with E-state index in [9.17, 15) is 9.59 Å². The van der Waals surface area contributed by atoms with Crippen LogP contribution >= 0.6 is 22.9 Å². The van der Waals surface area contributed by atoms with Gasteiger partial charge in [-0.1, -0.05) is 35.9 Å². The van der Waals surface area contributed by atoms with Crippen LogP contribution in [0.2, 0.25) is 4.47 Å². The fraction of sp³-hybridized carbons (Fsp3) is 0.381. The first-order valence-corrected chi connectivity index (χ1v) is 10.8. The quantitative estimate of drug-likeness (QED) is 0.475. The highest BCUT2D eigenvalue weighted by Gasteiger charge is 2.40. The van der Waals surface area contributed by atoms with Gasteiger partial charge in [0.1, 0.15) is 6.10 Å². The molecule has 1 fully saturated rings. The molecule has 1 aromatic heterocycles. The van der Waals surface area contributed by atoms with Gasteiger partial charge in [-0.05, 0) is 37.0 Å². The fourth-order valence-corrected chi connectivity index (χ4v) is 4.18. The number of carbonyl (C=O) groups is 2. The number of esters is 1. The third kappa shape index (κ3) is 6.04. The average molecular weight is 467 g/mol. The number of carboxylic acid groups (broad SMARTS) is 1. The van der Waals surface area contributed by atoms with Crippen LogP contribution in [0.4, 0.5) is 4.79 Å². The van der Waals surface area contributed by atoms with Crippen LogP contribution in [0.1, 0.15) is 36.8 Å². The maximum Gasteiger partial charge on any atom is 0.509 e. The number of hydrogen-bond donors (Lipinski definition) is 1. The smallest absolute Gasteiger partial charge is 0.466 e. The molecule has 0 saturated carbocycles. The fourth-order valence-electron chi connectivity index (χ4n) is 3.36. The molecule has 1 aliphatic rings. The number of hydrogen-bond acceptors (Lipinski definition) is 8. The summed E-state index contributed by atoms with van der Waals surface area (Å²) in [4.78, 5) is 28.6. The first-order valence-electron chi connectivity index (χ1n) is 9.54. The van der Waals surface area contributed by atoms with Crippen LogP contribution in [0.25, 0.3) is 5.57 Å². The van der Waals surface area contributed by atoms with Gasteiger partial charge >= 0.3 is 12.1 Å². The van der Waals surface area contributed by atoms with E-state index in [-0.39, 0.29) is 6.04 Å². The Hall–Kier alpha value is -2.46. The summed E-state index contributed by atoms with van der Waals surface area (Å²) in [6.45, 7) is 4.25. The lowest BCUT2D eigenvalue weighted by atomic mass is 10.0. The first-order chi connectivity index (χ1) is 14.8. The SMILES string of the molecule is COC(=O)C=C(C)c1ccc(CC(C)N2CC(c3csc(Cl)n3)OC2OC(=O)O)cc1. The molecule has 1 aromatic carbocycles. The van der Waals surface area contributed by atoms with Crippen molar-refractivity contribution in [2.75, 3.05) is 13.7 Å². The van der Waals surface area contributed by atoms with Crippen molar-refractivity contribution in [3.05, 3.63) is 57.0 Å². The average Bonchev–Trinajstić information content (AvgIpc) is 3.34. The van der Waals surface area contributed by atoms with Gasteiger partial charge in [0.25, 0.3) is 6.41 Å². The highest BCUT2D eigenvalue weighted by molar-refractivity contribution is 7.13. The van der Waals surface area contributed by atoms with Crippen molar-refractivity contribution in [2.45, 2.75) is 38.8 Å². The summed E-state index contributed by atoms with van der Waals surface area (Å²) in [5.41, 5.74) is 3.43. The number of ether oxygens (including phenoxy) is 3. The van der Waals surface area contributed by atoms with Crippen molar-refractivity contribution in [1.82, 2.24) is 9.88 Å². The number of thiazole rings is 1. The molecule has 2 heterocycles. The molecule has 0 amide bonds. The monoisotopic (exact) mass is 466 g/mol. The van der Waals surface area contributed by atoms with Gasteiger partial charge in [-0.15, -0.1) is 11.3 Å². The Morgan fingerprint density at radius 2 is 2.13 bits per heavy atom. The minimum Gasteiger partial charge on any atom is -0.466 e. The van der Waals surface area contributed by atoms with E-state index in [0.29, 0.717) is 23.1 Å². The molecule has 10 heteroatoms. The van der Waals surface area contributed by atoms with Crippen LogP contribution in [0.5, 0.6) is 0 Å². The van der Waals surface area contributed by atoms with E-state index in [4.69, 9.17) is 26.2 Å². The van der Waals surface area contributed by atoms with Gasteiger partial charge in [0.2, 0.25) is 0 Å². The molecule has 0 radical (unpaired) electrons. The van der Waals surface area contributed by atoms with E-state index in [1.807, 2.05) is 43.0 Å². The van der Waals surface area contributed by atoms with Crippen molar-refractivity contribution in [2.24, 2.45) is 0 Å². The highest BCUT2D eigenvalue weighted by Crippen LogP contribution is 2.33. The molecule has 2 aromatic rings. The second-order valence-corrected chi connectivity index (χ2v) is 8.58. The van der Waals surface area contributed by atoms with E-state index in [1.165, 1.54) is 24.5 Å². The summed E-state index contributed by atoms with van der Waals surface area (Å²) in [7, 11) is 1.34. The normalized spacial score (nSPS) is 20.5. The van der Waals surface area contributed by atoms with Gasteiger partial charge in [-0.25, -0.2) is 19.5 Å². The Kier molecular flexibility index (Phi) is 7.66. The zero-order valence-corrected chi connectivity index (χ0v) is 18.9. The van der Waals surface area contributed by atoms with Crippen LogP contribution in [-0.2, 0) is 25.4 Å². The second-order valence-electron chi connectivity index (χ2n) is 7.14. The maximum absolute atomic E-state index is 11.4. The van der Waals surface area contributed by atoms with Crippen molar-refractivity contribution >= 4 is 40.6 Å². The Morgan fingerprint density at radius 3 is 2.71 bits per heavy atom. The Morgan fingerprint density at radius 1 is 1.42 bits per heavy atom. The van der Waals surface area contributed by atoms with Gasteiger partial charge in [0.05, 0.1) is 12.8 Å². The largest absolute Gasteiger partial charge is 0.509 e. The van der Waals surface area contributed by atoms with E-state index in [2.05, 4.69) is 9.72 Å². The number of nitrogens with zero attached hydrogens (tertiary/aromatic N) is 2. The molecule has 1 N–H and O–H groups in total. The van der Waals surface area contributed by atoms with Crippen LogP contribution in [0, 0.1) is 0 Å². The standard InChI is InChI=1S/C21H23ClN2O6S/c1-12(8-18(25)28-3)15-6-4-14(5-7-15)9-13(2)24-10-17(16-11-31-19(22)23-16)29-20(24)30-21(26)27/h4-8,11,13,17,20H,9-10H2,1-3H3,(H,26,27). The topological polar surface area (TPSA) is 98.2 Å². The Balaban J connectivity index is 1.69. The van der Waals surface area contributed by atoms with Crippen LogP contribution in [-0.4, -0.2) is 53.2 Å². The lowest BCUT2D eigenvalue weighted by Crippen LogP contribution is -2.41. The second kappa shape index (κ2) is 10.2. The van der Waals surface area contributed by atoms with Gasteiger partial charge < -0.3 is 19.3 Å². The highest BCUT2D eigenvalue weighted by atomic mass is 35.5. The third-order valence-electron chi connectivity index (χ3n) is 5.00. The first kappa shape index (κ1) is 23.2. The summed E-state index contributed by atoms with van der Waals surface area (Å²) in [6.07, 6.45) is -0.770. The molecule has 3 rings (SSSR count). The van der Waals surface area contributed by atoms with E-state index in [0.717, 1.165) is 16.7 Å². The predicted molar refractivity (Wildman–Crippen MR) is 116 cm³/mol. The zero-order valence-electron chi connectivity index (χ0n) is 17.3. The number of carbonyl (C=O) groups excluding carboxylic acids is 1. The zero-order chi connectivity index (χ0) is 22.5. The van der Waals surface area contributed by atoms with E-state index >= 15 is 0 Å². The number of benzene rings is 1. The van der Waals surface area contributed by atoms with E-state index < -0.39 is 24.6 Å². The Bertz CT molecular complexity index is 961. The molecule has 1 aliphatic heterocycles. The van der Waals surface area contributed by atoms with Crippen molar-refractivity contribution < 1.29 is 28.9 Å². The lowest BCUT2D eigenvalue weighted by molar-refractivity contribution is -0.169. The summed E-state index contributed by atoms with van der Waals surface area (Å²) in [5.74, 6) is -0.398. The molecular formula is C21H23ClN2O6S. The maximum atomic E-state index is 11.4. The summed E-state index contributed by atoms with van der Waals surface area (Å²) in [5, 5.41) is 10.9. The number of methoxy groups -OCH3 is 1. The van der Waals surface area contributed by atoms with Gasteiger partial charge in [0, 0.05) is 24.0 Å². The van der Waals surface area contributed by atoms with Crippen molar-refractivity contribution in [3.8, 4) is 0 Å². The van der Waals surface area contributed by atoms with Crippen LogP contribution in [0.15, 0.2) is 35.7 Å². The molecule has 0 aliphatic carbocycles. The summed E-state index contributed by atoms with van der Waals surface area (Å²) < 4.78 is 15.8. The number of rotatable bonds is 7. The molecule has 3 unspecified atom stereocenters. The number of aromatic nitrogens is 1. The molecule has 166 valence electrons. The minimum atomic E-state index is -1.41. The third-order valence-corrected chi connectivity index (χ3v) is 5.99. The molecule has 0 bridgehead atoms. The van der Waals surface area contributed by atoms with Crippen molar-refractivity contribution in [1.29, 1.82) is 0 Å². The molecule has 31 heavy (non-hydrogen) atoms. The van der Waals surface area contributed by atoms with Crippen LogP contribution < -0.4 is 0 Å². The molecule has 3 atom stereocenters. The Labute approximate surface area is 189 Å². The molecular weight excluding hydrogens is 444 g/mol. The molecule has 8 nitrogen and oxygen atoms in total. The van der Waals surface area contributed by atoms with Gasteiger partial charge in [-0.3, -0.25) is 0 Å². The van der Waals surface area contributed by atoms with Crippen LogP contribution in [0.3, 0.4) is 0 Å². The van der Waals surface area contributed by atoms with Crippen molar-refractivity contribution in [3.63, 3.8) is 0 Å². The molecule has 0 spiro atoms. The van der Waals surface area contributed by atoms with E-state index in [1.54, 1.807) is 5.38 Å².